The largest absolute Gasteiger partial charge is 0.422 e. The zero-order valence-electron chi connectivity index (χ0n) is 24.0. The minimum Gasteiger partial charge on any atom is -0.422 e. The molecule has 5 rings (SSSR count). The highest BCUT2D eigenvalue weighted by atomic mass is 19.4. The van der Waals surface area contributed by atoms with Crippen molar-refractivity contribution in [2.24, 2.45) is 7.05 Å². The first-order valence-electron chi connectivity index (χ1n) is 13.2. The molecule has 0 unspecified atom stereocenters. The number of alkyl halides is 3. The summed E-state index contributed by atoms with van der Waals surface area (Å²) in [4.78, 5) is 33.0. The number of hydrogen-bond acceptors (Lipinski definition) is 7. The number of aromatic nitrogens is 6. The highest BCUT2D eigenvalue weighted by molar-refractivity contribution is 6.00. The summed E-state index contributed by atoms with van der Waals surface area (Å²) in [5.41, 5.74) is -0.953. The lowest BCUT2D eigenvalue weighted by Crippen LogP contribution is -2.32. The Kier molecular flexibility index (Phi) is 7.94. The van der Waals surface area contributed by atoms with Crippen LogP contribution in [0.25, 0.3) is 27.6 Å². The summed E-state index contributed by atoms with van der Waals surface area (Å²) < 4.78 is 50.2. The summed E-state index contributed by atoms with van der Waals surface area (Å²) in [6.45, 7) is 9.18. The lowest BCUT2D eigenvalue weighted by atomic mass is 10.1. The van der Waals surface area contributed by atoms with Crippen molar-refractivity contribution >= 4 is 11.6 Å². The number of benzene rings is 2. The number of halogens is 3. The molecule has 0 aliphatic heterocycles. The first kappa shape index (κ1) is 30.0. The fourth-order valence-electron chi connectivity index (χ4n) is 4.67. The van der Waals surface area contributed by atoms with Crippen LogP contribution < -0.4 is 10.9 Å². The summed E-state index contributed by atoms with van der Waals surface area (Å²) in [5, 5.41) is 15.0. The predicted octanol–water partition coefficient (Wildman–Crippen LogP) is 4.53. The van der Waals surface area contributed by atoms with Crippen LogP contribution in [0, 0.1) is 6.57 Å². The third-order valence-corrected chi connectivity index (χ3v) is 6.67. The van der Waals surface area contributed by atoms with E-state index in [0.29, 0.717) is 29.5 Å². The van der Waals surface area contributed by atoms with Crippen LogP contribution in [0.2, 0.25) is 0 Å². The van der Waals surface area contributed by atoms with E-state index in [2.05, 4.69) is 25.5 Å². The maximum Gasteiger partial charge on any atom is 0.416 e. The van der Waals surface area contributed by atoms with E-state index < -0.39 is 29.2 Å². The summed E-state index contributed by atoms with van der Waals surface area (Å²) >= 11 is 0. The van der Waals surface area contributed by atoms with Gasteiger partial charge >= 0.3 is 6.18 Å². The second-order valence-corrected chi connectivity index (χ2v) is 10.1. The van der Waals surface area contributed by atoms with Gasteiger partial charge in [0.2, 0.25) is 11.8 Å². The van der Waals surface area contributed by atoms with Crippen LogP contribution in [0.1, 0.15) is 40.7 Å². The molecule has 44 heavy (non-hydrogen) atoms. The third-order valence-electron chi connectivity index (χ3n) is 6.67. The van der Waals surface area contributed by atoms with E-state index >= 15 is 0 Å². The van der Waals surface area contributed by atoms with Gasteiger partial charge in [0.15, 0.2) is 5.69 Å². The molecule has 1 atom stereocenters. The molecular formula is C29H26F3N9O3. The van der Waals surface area contributed by atoms with Crippen molar-refractivity contribution in [2.45, 2.75) is 25.7 Å². The van der Waals surface area contributed by atoms with E-state index in [4.69, 9.17) is 11.0 Å². The van der Waals surface area contributed by atoms with Gasteiger partial charge in [0, 0.05) is 7.05 Å². The van der Waals surface area contributed by atoms with Crippen LogP contribution in [-0.4, -0.2) is 54.2 Å². The number of hydrogen-bond donors (Lipinski definition) is 1. The average Bonchev–Trinajstić information content (AvgIpc) is 3.70. The van der Waals surface area contributed by atoms with Crippen LogP contribution in [0.5, 0.6) is 0 Å². The summed E-state index contributed by atoms with van der Waals surface area (Å²) in [7, 11) is 5.11. The van der Waals surface area contributed by atoms with E-state index in [1.165, 1.54) is 34.7 Å². The molecule has 0 saturated carbocycles. The second-order valence-electron chi connectivity index (χ2n) is 10.1. The molecule has 3 aromatic heterocycles. The Hall–Kier alpha value is -5.49. The van der Waals surface area contributed by atoms with Crippen LogP contribution >= 0.6 is 0 Å². The van der Waals surface area contributed by atoms with E-state index in [1.807, 2.05) is 19.0 Å². The van der Waals surface area contributed by atoms with Gasteiger partial charge in [-0.15, -0.1) is 10.2 Å². The lowest BCUT2D eigenvalue weighted by molar-refractivity contribution is -0.137. The quantitative estimate of drug-likeness (QED) is 0.258. The third kappa shape index (κ3) is 5.75. The molecule has 1 amide bonds. The molecule has 5 aromatic rings. The predicted molar refractivity (Wildman–Crippen MR) is 152 cm³/mol. The zero-order valence-corrected chi connectivity index (χ0v) is 24.0. The fraction of sp³-hybridized carbons (Fsp3) is 0.241. The molecule has 0 saturated heterocycles. The van der Waals surface area contributed by atoms with Gasteiger partial charge in [0.1, 0.15) is 17.3 Å². The first-order valence-corrected chi connectivity index (χ1v) is 13.2. The highest BCUT2D eigenvalue weighted by Crippen LogP contribution is 2.31. The normalized spacial score (nSPS) is 12.3. The summed E-state index contributed by atoms with van der Waals surface area (Å²) in [5.74, 6) is -0.385. The number of rotatable bonds is 8. The van der Waals surface area contributed by atoms with Crippen molar-refractivity contribution in [3.05, 3.63) is 105 Å². The molecular weight excluding hydrogens is 579 g/mol. The number of nitrogens with one attached hydrogen (secondary N) is 1. The lowest BCUT2D eigenvalue weighted by Gasteiger charge is -2.14. The van der Waals surface area contributed by atoms with Gasteiger partial charge in [-0.05, 0) is 57.4 Å². The SMILES string of the molecule is [C-]#[N+]c1ccc(-n2nccc2-c2c(C(=O)N[C@@H](C)c3nnc(CN(C)C)o3)c(=O)n(-c3cccc(C(F)(F)F)c3)n2C)cc1. The van der Waals surface area contributed by atoms with E-state index in [0.717, 1.165) is 16.8 Å². The van der Waals surface area contributed by atoms with Gasteiger partial charge in [-0.3, -0.25) is 14.3 Å². The number of carbonyl (C=O) groups excluding carboxylic acids is 1. The van der Waals surface area contributed by atoms with E-state index in [-0.39, 0.29) is 22.8 Å². The van der Waals surface area contributed by atoms with Crippen molar-refractivity contribution in [1.82, 2.24) is 39.6 Å². The summed E-state index contributed by atoms with van der Waals surface area (Å²) in [6, 6.07) is 11.5. The maximum absolute atomic E-state index is 14.0. The first-order chi connectivity index (χ1) is 20.9. The van der Waals surface area contributed by atoms with Crippen LogP contribution in [0.4, 0.5) is 18.9 Å². The van der Waals surface area contributed by atoms with Crippen molar-refractivity contribution in [3.63, 3.8) is 0 Å². The van der Waals surface area contributed by atoms with Crippen molar-refractivity contribution in [2.75, 3.05) is 14.1 Å². The molecule has 0 aliphatic rings. The Labute approximate surface area is 248 Å². The smallest absolute Gasteiger partial charge is 0.416 e. The van der Waals surface area contributed by atoms with Gasteiger partial charge < -0.3 is 14.6 Å². The Bertz CT molecular complexity index is 1930. The molecule has 1 N–H and O–H groups in total. The molecule has 0 spiro atoms. The van der Waals surface area contributed by atoms with Crippen molar-refractivity contribution < 1.29 is 22.4 Å². The van der Waals surface area contributed by atoms with Crippen molar-refractivity contribution in [1.29, 1.82) is 0 Å². The molecule has 0 aliphatic carbocycles. The molecule has 0 bridgehead atoms. The molecule has 226 valence electrons. The monoisotopic (exact) mass is 605 g/mol. The molecule has 12 nitrogen and oxygen atoms in total. The zero-order chi connectivity index (χ0) is 31.8. The Morgan fingerprint density at radius 2 is 1.84 bits per heavy atom. The Balaban J connectivity index is 1.65. The van der Waals surface area contributed by atoms with Gasteiger partial charge in [-0.1, -0.05) is 18.2 Å². The van der Waals surface area contributed by atoms with Crippen LogP contribution in [-0.2, 0) is 19.8 Å². The minimum absolute atomic E-state index is 0.0858. The average molecular weight is 606 g/mol. The molecule has 3 heterocycles. The summed E-state index contributed by atoms with van der Waals surface area (Å²) in [6.07, 6.45) is -3.20. The van der Waals surface area contributed by atoms with Gasteiger partial charge in [-0.25, -0.2) is 14.2 Å². The standard InChI is InChI=1S/C29H26F3N9O3/c1-17(27-37-36-23(44-27)16-38(3)4)35-26(42)24-25(22-13-14-34-40(22)20-11-9-19(33-2)10-12-20)39(5)41(28(24)43)21-8-6-7-18(15-21)29(30,31)32/h6-15,17H,16H2,1,3-5H3,(H,35,42)/t17-/m0/s1. The van der Waals surface area contributed by atoms with Gasteiger partial charge in [-0.2, -0.15) is 18.3 Å². The van der Waals surface area contributed by atoms with E-state index in [9.17, 15) is 22.8 Å². The van der Waals surface area contributed by atoms with Crippen LogP contribution in [0.3, 0.4) is 0 Å². The second kappa shape index (κ2) is 11.7. The molecule has 15 heteroatoms. The Morgan fingerprint density at radius 3 is 2.50 bits per heavy atom. The van der Waals surface area contributed by atoms with E-state index in [1.54, 1.807) is 37.3 Å². The maximum atomic E-state index is 14.0. The van der Waals surface area contributed by atoms with Gasteiger partial charge in [0.25, 0.3) is 11.5 Å². The molecule has 2 aromatic carbocycles. The number of carbonyl (C=O) groups is 1. The minimum atomic E-state index is -4.66. The topological polar surface area (TPSA) is 120 Å². The number of nitrogens with zero attached hydrogens (tertiary/aromatic N) is 8. The number of amides is 1. The highest BCUT2D eigenvalue weighted by Gasteiger charge is 2.33. The van der Waals surface area contributed by atoms with Gasteiger partial charge in [0.05, 0.1) is 41.9 Å². The van der Waals surface area contributed by atoms with Crippen molar-refractivity contribution in [3.8, 4) is 22.8 Å². The Morgan fingerprint density at radius 1 is 1.11 bits per heavy atom. The fourth-order valence-corrected chi connectivity index (χ4v) is 4.67. The molecule has 0 fully saturated rings. The van der Waals surface area contributed by atoms with Crippen LogP contribution in [0.15, 0.2) is 70.0 Å². The molecule has 0 radical (unpaired) electrons.